The second kappa shape index (κ2) is 5.87. The van der Waals surface area contributed by atoms with Gasteiger partial charge in [0.25, 0.3) is 11.7 Å². The van der Waals surface area contributed by atoms with Crippen molar-refractivity contribution in [3.8, 4) is 6.07 Å². The van der Waals surface area contributed by atoms with Gasteiger partial charge in [-0.05, 0) is 25.5 Å². The van der Waals surface area contributed by atoms with E-state index in [4.69, 9.17) is 5.26 Å². The van der Waals surface area contributed by atoms with Crippen molar-refractivity contribution in [2.75, 3.05) is 10.2 Å². The molecule has 1 unspecified atom stereocenters. The fraction of sp³-hybridized carbons (Fsp3) is 0.235. The van der Waals surface area contributed by atoms with Crippen LogP contribution in [-0.2, 0) is 16.6 Å². The van der Waals surface area contributed by atoms with Crippen molar-refractivity contribution in [2.24, 2.45) is 7.05 Å². The van der Waals surface area contributed by atoms with Gasteiger partial charge in [0.2, 0.25) is 5.91 Å². The predicted molar refractivity (Wildman–Crippen MR) is 89.0 cm³/mol. The molecule has 25 heavy (non-hydrogen) atoms. The number of carbonyl (C=O) groups excluding carboxylic acids is 3. The van der Waals surface area contributed by atoms with E-state index in [9.17, 15) is 14.4 Å². The molecule has 0 radical (unpaired) electrons. The Bertz CT molecular complexity index is 954. The number of fused-ring (bicyclic) bond motifs is 1. The molecule has 1 aromatic heterocycles. The first-order valence-electron chi connectivity index (χ1n) is 7.57. The Balaban J connectivity index is 1.94. The van der Waals surface area contributed by atoms with Crippen LogP contribution in [0.25, 0.3) is 0 Å². The standard InChI is InChI=1S/C17H15N5O3/c1-9-5-4-6-12-13(9)22(17(25)14(12)23)10(2)16(24)20-15-11(7-18)8-19-21(15)3/h4-6,8,10H,1-3H3,(H,20,24). The molecule has 1 N–H and O–H groups in total. The lowest BCUT2D eigenvalue weighted by molar-refractivity contribution is -0.121. The van der Waals surface area contributed by atoms with Crippen LogP contribution in [0.15, 0.2) is 24.4 Å². The maximum absolute atomic E-state index is 12.6. The summed E-state index contributed by atoms with van der Waals surface area (Å²) < 4.78 is 1.36. The van der Waals surface area contributed by atoms with E-state index in [0.29, 0.717) is 11.3 Å². The minimum Gasteiger partial charge on any atom is -0.308 e. The minimum absolute atomic E-state index is 0.212. The van der Waals surface area contributed by atoms with Crippen LogP contribution < -0.4 is 10.2 Å². The maximum Gasteiger partial charge on any atom is 0.300 e. The van der Waals surface area contributed by atoms with Crippen molar-refractivity contribution in [2.45, 2.75) is 19.9 Å². The summed E-state index contributed by atoms with van der Waals surface area (Å²) in [5.74, 6) is -1.64. The molecule has 8 nitrogen and oxygen atoms in total. The van der Waals surface area contributed by atoms with Crippen LogP contribution in [0.2, 0.25) is 0 Å². The highest BCUT2D eigenvalue weighted by molar-refractivity contribution is 6.53. The molecule has 0 spiro atoms. The quantitative estimate of drug-likeness (QED) is 0.845. The number of carbonyl (C=O) groups is 3. The summed E-state index contributed by atoms with van der Waals surface area (Å²) in [7, 11) is 1.59. The first-order valence-corrected chi connectivity index (χ1v) is 7.57. The van der Waals surface area contributed by atoms with Gasteiger partial charge in [0.15, 0.2) is 0 Å². The maximum atomic E-state index is 12.6. The lowest BCUT2D eigenvalue weighted by Crippen LogP contribution is -2.45. The van der Waals surface area contributed by atoms with E-state index in [2.05, 4.69) is 10.4 Å². The number of ketones is 1. The molecule has 0 saturated heterocycles. The van der Waals surface area contributed by atoms with E-state index in [1.807, 2.05) is 6.07 Å². The van der Waals surface area contributed by atoms with Gasteiger partial charge in [-0.3, -0.25) is 24.0 Å². The van der Waals surface area contributed by atoms with Gasteiger partial charge in [0, 0.05) is 7.05 Å². The van der Waals surface area contributed by atoms with E-state index >= 15 is 0 Å². The summed E-state index contributed by atoms with van der Waals surface area (Å²) in [5.41, 5.74) is 1.69. The van der Waals surface area contributed by atoms with Crippen molar-refractivity contribution in [1.82, 2.24) is 9.78 Å². The number of Topliss-reactive ketones (excluding diaryl/α,β-unsaturated/α-hetero) is 1. The third-order valence-electron chi connectivity index (χ3n) is 4.20. The van der Waals surface area contributed by atoms with Crippen molar-refractivity contribution in [3.63, 3.8) is 0 Å². The molecule has 1 atom stereocenters. The smallest absolute Gasteiger partial charge is 0.300 e. The van der Waals surface area contributed by atoms with Gasteiger partial charge in [0.05, 0.1) is 17.4 Å². The molecule has 0 aliphatic carbocycles. The average Bonchev–Trinajstić information content (AvgIpc) is 3.07. The Morgan fingerprint density at radius 3 is 2.76 bits per heavy atom. The predicted octanol–water partition coefficient (Wildman–Crippen LogP) is 1.16. The van der Waals surface area contributed by atoms with Gasteiger partial charge in [0.1, 0.15) is 23.5 Å². The topological polar surface area (TPSA) is 108 Å². The summed E-state index contributed by atoms with van der Waals surface area (Å²) in [6.45, 7) is 3.31. The number of para-hydroxylation sites is 1. The summed E-state index contributed by atoms with van der Waals surface area (Å²) >= 11 is 0. The van der Waals surface area contributed by atoms with Crippen molar-refractivity contribution in [1.29, 1.82) is 5.26 Å². The highest BCUT2D eigenvalue weighted by Crippen LogP contribution is 2.34. The van der Waals surface area contributed by atoms with Crippen LogP contribution in [0.1, 0.15) is 28.4 Å². The second-order valence-electron chi connectivity index (χ2n) is 5.78. The summed E-state index contributed by atoms with van der Waals surface area (Å²) in [6, 6.07) is 6.05. The summed E-state index contributed by atoms with van der Waals surface area (Å²) in [4.78, 5) is 38.4. The van der Waals surface area contributed by atoms with Gasteiger partial charge < -0.3 is 5.32 Å². The van der Waals surface area contributed by atoms with Gasteiger partial charge in [-0.2, -0.15) is 10.4 Å². The Labute approximate surface area is 143 Å². The van der Waals surface area contributed by atoms with E-state index in [-0.39, 0.29) is 11.4 Å². The number of benzene rings is 1. The minimum atomic E-state index is -0.930. The monoisotopic (exact) mass is 337 g/mol. The normalized spacial score (nSPS) is 14.2. The lowest BCUT2D eigenvalue weighted by atomic mass is 10.1. The van der Waals surface area contributed by atoms with E-state index < -0.39 is 23.6 Å². The molecule has 0 bridgehead atoms. The highest BCUT2D eigenvalue weighted by atomic mass is 16.2. The Morgan fingerprint density at radius 2 is 2.08 bits per heavy atom. The SMILES string of the molecule is Cc1cccc2c1N(C(C)C(=O)Nc1c(C#N)cnn1C)C(=O)C2=O. The molecule has 2 amide bonds. The fourth-order valence-electron chi connectivity index (χ4n) is 2.86. The first kappa shape index (κ1) is 16.4. The van der Waals surface area contributed by atoms with Gasteiger partial charge in [-0.25, -0.2) is 0 Å². The molecule has 2 aromatic rings. The summed E-state index contributed by atoms with van der Waals surface area (Å²) in [6.07, 6.45) is 1.34. The second-order valence-corrected chi connectivity index (χ2v) is 5.78. The van der Waals surface area contributed by atoms with Crippen LogP contribution in [0, 0.1) is 18.3 Å². The number of nitrogens with zero attached hydrogens (tertiary/aromatic N) is 4. The number of nitriles is 1. The zero-order valence-corrected chi connectivity index (χ0v) is 13.9. The number of anilines is 2. The highest BCUT2D eigenvalue weighted by Gasteiger charge is 2.41. The molecule has 126 valence electrons. The number of aryl methyl sites for hydroxylation is 2. The lowest BCUT2D eigenvalue weighted by Gasteiger charge is -2.25. The number of aromatic nitrogens is 2. The van der Waals surface area contributed by atoms with Crippen LogP contribution in [0.3, 0.4) is 0 Å². The van der Waals surface area contributed by atoms with Crippen molar-refractivity contribution >= 4 is 29.1 Å². The molecule has 1 aromatic carbocycles. The fourth-order valence-corrected chi connectivity index (χ4v) is 2.86. The molecule has 3 rings (SSSR count). The third kappa shape index (κ3) is 2.46. The van der Waals surface area contributed by atoms with Crippen LogP contribution in [-0.4, -0.2) is 33.4 Å². The van der Waals surface area contributed by atoms with Gasteiger partial charge in [-0.15, -0.1) is 0 Å². The first-order chi connectivity index (χ1) is 11.9. The molecule has 8 heteroatoms. The van der Waals surface area contributed by atoms with Crippen LogP contribution >= 0.6 is 0 Å². The number of rotatable bonds is 3. The molecular formula is C17H15N5O3. The molecule has 1 aliphatic rings. The number of nitrogens with one attached hydrogen (secondary N) is 1. The number of hydrogen-bond acceptors (Lipinski definition) is 5. The third-order valence-corrected chi connectivity index (χ3v) is 4.20. The van der Waals surface area contributed by atoms with Crippen molar-refractivity contribution in [3.05, 3.63) is 41.1 Å². The molecular weight excluding hydrogens is 322 g/mol. The van der Waals surface area contributed by atoms with E-state index in [0.717, 1.165) is 5.56 Å². The molecule has 0 fully saturated rings. The average molecular weight is 337 g/mol. The number of amides is 2. The largest absolute Gasteiger partial charge is 0.308 e. The Kier molecular flexibility index (Phi) is 3.85. The van der Waals surface area contributed by atoms with Gasteiger partial charge >= 0.3 is 0 Å². The van der Waals surface area contributed by atoms with Crippen LogP contribution in [0.5, 0.6) is 0 Å². The zero-order chi connectivity index (χ0) is 18.3. The zero-order valence-electron chi connectivity index (χ0n) is 13.9. The number of hydrogen-bond donors (Lipinski definition) is 1. The van der Waals surface area contributed by atoms with E-state index in [1.165, 1.54) is 22.7 Å². The Hall–Kier alpha value is -3.47. The van der Waals surface area contributed by atoms with Crippen molar-refractivity contribution < 1.29 is 14.4 Å². The van der Waals surface area contributed by atoms with E-state index in [1.54, 1.807) is 32.2 Å². The van der Waals surface area contributed by atoms with Crippen LogP contribution in [0.4, 0.5) is 11.5 Å². The molecule has 1 aliphatic heterocycles. The Morgan fingerprint density at radius 1 is 1.36 bits per heavy atom. The molecule has 2 heterocycles. The van der Waals surface area contributed by atoms with Gasteiger partial charge in [-0.1, -0.05) is 12.1 Å². The molecule has 0 saturated carbocycles. The summed E-state index contributed by atoms with van der Waals surface area (Å²) in [5, 5.41) is 15.6.